The minimum atomic E-state index is 0.121. The predicted octanol–water partition coefficient (Wildman–Crippen LogP) is 1.43. The fourth-order valence-electron chi connectivity index (χ4n) is 1.86. The van der Waals surface area contributed by atoms with Crippen molar-refractivity contribution in [3.05, 3.63) is 29.8 Å². The Morgan fingerprint density at radius 1 is 1.39 bits per heavy atom. The van der Waals surface area contributed by atoms with E-state index in [0.29, 0.717) is 19.5 Å². The lowest BCUT2D eigenvalue weighted by molar-refractivity contribution is -0.130. The molecule has 2 N–H and O–H groups in total. The third-order valence-corrected chi connectivity index (χ3v) is 2.73. The van der Waals surface area contributed by atoms with E-state index in [2.05, 4.69) is 6.92 Å². The molecule has 0 atom stereocenters. The quantitative estimate of drug-likeness (QED) is 0.796. The third kappa shape index (κ3) is 4.37. The Morgan fingerprint density at radius 3 is 2.78 bits per heavy atom. The molecule has 4 nitrogen and oxygen atoms in total. The topological polar surface area (TPSA) is 55.6 Å². The number of carbonyl (C=O) groups is 1. The monoisotopic (exact) mass is 250 g/mol. The first kappa shape index (κ1) is 14.5. The van der Waals surface area contributed by atoms with Crippen LogP contribution in [0.4, 0.5) is 0 Å². The average molecular weight is 250 g/mol. The van der Waals surface area contributed by atoms with Gasteiger partial charge in [0.15, 0.2) is 0 Å². The highest BCUT2D eigenvalue weighted by molar-refractivity contribution is 5.78. The van der Waals surface area contributed by atoms with Crippen LogP contribution in [0, 0.1) is 0 Å². The number of amides is 1. The summed E-state index contributed by atoms with van der Waals surface area (Å²) in [4.78, 5) is 13.9. The standard InChI is InChI=1S/C14H22N2O2/c1-3-8-16(9-7-15)14(17)11-12-5-4-6-13(10-12)18-2/h4-6,10H,3,7-9,11,15H2,1-2H3. The first-order chi connectivity index (χ1) is 8.71. The van der Waals surface area contributed by atoms with Crippen molar-refractivity contribution < 1.29 is 9.53 Å². The van der Waals surface area contributed by atoms with Crippen LogP contribution in [-0.4, -0.2) is 37.6 Å². The van der Waals surface area contributed by atoms with Gasteiger partial charge in [-0.1, -0.05) is 19.1 Å². The first-order valence-corrected chi connectivity index (χ1v) is 6.32. The Bertz CT molecular complexity index is 374. The minimum Gasteiger partial charge on any atom is -0.497 e. The van der Waals surface area contributed by atoms with E-state index < -0.39 is 0 Å². The molecule has 0 radical (unpaired) electrons. The number of nitrogens with two attached hydrogens (primary N) is 1. The normalized spacial score (nSPS) is 10.2. The molecule has 0 spiro atoms. The van der Waals surface area contributed by atoms with Crippen molar-refractivity contribution in [2.45, 2.75) is 19.8 Å². The van der Waals surface area contributed by atoms with Gasteiger partial charge in [0.25, 0.3) is 0 Å². The van der Waals surface area contributed by atoms with Gasteiger partial charge in [-0.3, -0.25) is 4.79 Å². The van der Waals surface area contributed by atoms with Crippen molar-refractivity contribution in [2.24, 2.45) is 5.73 Å². The molecule has 1 rings (SSSR count). The molecule has 0 aliphatic rings. The summed E-state index contributed by atoms with van der Waals surface area (Å²) >= 11 is 0. The van der Waals surface area contributed by atoms with Crippen LogP contribution in [0.15, 0.2) is 24.3 Å². The zero-order chi connectivity index (χ0) is 13.4. The number of carbonyl (C=O) groups excluding carboxylic acids is 1. The molecule has 0 saturated heterocycles. The molecule has 18 heavy (non-hydrogen) atoms. The largest absolute Gasteiger partial charge is 0.497 e. The summed E-state index contributed by atoms with van der Waals surface area (Å²) in [5.41, 5.74) is 6.49. The molecule has 0 aliphatic heterocycles. The smallest absolute Gasteiger partial charge is 0.227 e. The zero-order valence-corrected chi connectivity index (χ0v) is 11.2. The highest BCUT2D eigenvalue weighted by Gasteiger charge is 2.12. The van der Waals surface area contributed by atoms with Crippen molar-refractivity contribution in [2.75, 3.05) is 26.7 Å². The average Bonchev–Trinajstić information content (AvgIpc) is 2.38. The summed E-state index contributed by atoms with van der Waals surface area (Å²) in [5, 5.41) is 0. The molecular weight excluding hydrogens is 228 g/mol. The molecule has 100 valence electrons. The van der Waals surface area contributed by atoms with Crippen molar-refractivity contribution >= 4 is 5.91 Å². The van der Waals surface area contributed by atoms with Crippen LogP contribution < -0.4 is 10.5 Å². The molecule has 0 saturated carbocycles. The van der Waals surface area contributed by atoms with Crippen molar-refractivity contribution in [3.63, 3.8) is 0 Å². The number of benzene rings is 1. The van der Waals surface area contributed by atoms with Gasteiger partial charge >= 0.3 is 0 Å². The lowest BCUT2D eigenvalue weighted by atomic mass is 10.1. The molecular formula is C14H22N2O2. The van der Waals surface area contributed by atoms with Crippen molar-refractivity contribution in [3.8, 4) is 5.75 Å². The summed E-state index contributed by atoms with van der Waals surface area (Å²) in [6.45, 7) is 3.95. The van der Waals surface area contributed by atoms with Crippen LogP contribution in [0.3, 0.4) is 0 Å². The molecule has 0 aliphatic carbocycles. The van der Waals surface area contributed by atoms with E-state index in [1.165, 1.54) is 0 Å². The summed E-state index contributed by atoms with van der Waals surface area (Å²) in [6.07, 6.45) is 1.35. The number of nitrogens with zero attached hydrogens (tertiary/aromatic N) is 1. The van der Waals surface area contributed by atoms with Crippen LogP contribution in [0.5, 0.6) is 5.75 Å². The van der Waals surface area contributed by atoms with Gasteiger partial charge in [-0.2, -0.15) is 0 Å². The SMILES string of the molecule is CCCN(CCN)C(=O)Cc1cccc(OC)c1. The van der Waals surface area contributed by atoms with Crippen LogP contribution in [0.2, 0.25) is 0 Å². The van der Waals surface area contributed by atoms with Crippen molar-refractivity contribution in [1.82, 2.24) is 4.90 Å². The maximum absolute atomic E-state index is 12.1. The second kappa shape index (κ2) is 7.71. The summed E-state index contributed by atoms with van der Waals surface area (Å²) in [5.74, 6) is 0.900. The Hall–Kier alpha value is -1.55. The summed E-state index contributed by atoms with van der Waals surface area (Å²) in [6, 6.07) is 7.60. The fraction of sp³-hybridized carbons (Fsp3) is 0.500. The Morgan fingerprint density at radius 2 is 2.17 bits per heavy atom. The number of ether oxygens (including phenoxy) is 1. The van der Waals surface area contributed by atoms with Gasteiger partial charge in [0.05, 0.1) is 13.5 Å². The van der Waals surface area contributed by atoms with Crippen LogP contribution in [-0.2, 0) is 11.2 Å². The van der Waals surface area contributed by atoms with Crippen LogP contribution in [0.25, 0.3) is 0 Å². The maximum atomic E-state index is 12.1. The third-order valence-electron chi connectivity index (χ3n) is 2.73. The Labute approximate surface area is 109 Å². The predicted molar refractivity (Wildman–Crippen MR) is 72.6 cm³/mol. The van der Waals surface area contributed by atoms with E-state index in [4.69, 9.17) is 10.5 Å². The van der Waals surface area contributed by atoms with Gasteiger partial charge in [-0.25, -0.2) is 0 Å². The number of rotatable bonds is 7. The minimum absolute atomic E-state index is 0.121. The molecule has 0 heterocycles. The molecule has 0 bridgehead atoms. The summed E-state index contributed by atoms with van der Waals surface area (Å²) < 4.78 is 5.15. The molecule has 1 aromatic rings. The van der Waals surface area contributed by atoms with Gasteiger partial charge in [0.2, 0.25) is 5.91 Å². The van der Waals surface area contributed by atoms with E-state index in [1.54, 1.807) is 7.11 Å². The molecule has 1 aromatic carbocycles. The molecule has 0 fully saturated rings. The zero-order valence-electron chi connectivity index (χ0n) is 11.2. The van der Waals surface area contributed by atoms with E-state index >= 15 is 0 Å². The Balaban J connectivity index is 2.66. The first-order valence-electron chi connectivity index (χ1n) is 6.32. The van der Waals surface area contributed by atoms with Gasteiger partial charge in [0, 0.05) is 19.6 Å². The fourth-order valence-corrected chi connectivity index (χ4v) is 1.86. The highest BCUT2D eigenvalue weighted by atomic mass is 16.5. The van der Waals surface area contributed by atoms with E-state index in [-0.39, 0.29) is 5.91 Å². The van der Waals surface area contributed by atoms with E-state index in [1.807, 2.05) is 29.2 Å². The lowest BCUT2D eigenvalue weighted by Crippen LogP contribution is -2.36. The Kier molecular flexibility index (Phi) is 6.22. The van der Waals surface area contributed by atoms with Crippen molar-refractivity contribution in [1.29, 1.82) is 0 Å². The van der Waals surface area contributed by atoms with Gasteiger partial charge in [-0.05, 0) is 24.1 Å². The summed E-state index contributed by atoms with van der Waals surface area (Å²) in [7, 11) is 1.62. The van der Waals surface area contributed by atoms with Gasteiger partial charge in [0.1, 0.15) is 5.75 Å². The second-order valence-electron chi connectivity index (χ2n) is 4.20. The van der Waals surface area contributed by atoms with E-state index in [9.17, 15) is 4.79 Å². The number of methoxy groups -OCH3 is 1. The highest BCUT2D eigenvalue weighted by Crippen LogP contribution is 2.13. The van der Waals surface area contributed by atoms with Crippen LogP contribution >= 0.6 is 0 Å². The van der Waals surface area contributed by atoms with E-state index in [0.717, 1.165) is 24.3 Å². The lowest BCUT2D eigenvalue weighted by Gasteiger charge is -2.21. The van der Waals surface area contributed by atoms with Crippen LogP contribution in [0.1, 0.15) is 18.9 Å². The molecule has 1 amide bonds. The molecule has 0 aromatic heterocycles. The van der Waals surface area contributed by atoms with Gasteiger partial charge < -0.3 is 15.4 Å². The molecule has 4 heteroatoms. The number of hydrogen-bond acceptors (Lipinski definition) is 3. The van der Waals surface area contributed by atoms with Gasteiger partial charge in [-0.15, -0.1) is 0 Å². The molecule has 0 unspecified atom stereocenters. The maximum Gasteiger partial charge on any atom is 0.227 e. The second-order valence-corrected chi connectivity index (χ2v) is 4.20. The number of hydrogen-bond donors (Lipinski definition) is 1.